The number of carbonyl (C=O) groups excluding carboxylic acids is 2. The average Bonchev–Trinajstić information content (AvgIpc) is 2.80. The summed E-state index contributed by atoms with van der Waals surface area (Å²) in [6.07, 6.45) is 7.81. The Morgan fingerprint density at radius 3 is 2.21 bits per heavy atom. The van der Waals surface area contributed by atoms with Crippen molar-refractivity contribution in [1.82, 2.24) is 4.90 Å². The second-order valence-electron chi connectivity index (χ2n) is 6.48. The van der Waals surface area contributed by atoms with Gasteiger partial charge in [-0.3, -0.25) is 14.5 Å². The van der Waals surface area contributed by atoms with Gasteiger partial charge < -0.3 is 0 Å². The number of hydrogen-bond acceptors (Lipinski definition) is 3. The van der Waals surface area contributed by atoms with Gasteiger partial charge in [-0.25, -0.2) is 0 Å². The lowest BCUT2D eigenvalue weighted by Crippen LogP contribution is -2.41. The van der Waals surface area contributed by atoms with Gasteiger partial charge >= 0.3 is 0 Å². The molecular formula is C20H25NO2S. The van der Waals surface area contributed by atoms with Gasteiger partial charge in [0.25, 0.3) is 11.8 Å². The third-order valence-electron chi connectivity index (χ3n) is 4.86. The normalized spacial score (nSPS) is 20.5. The van der Waals surface area contributed by atoms with Crippen molar-refractivity contribution >= 4 is 29.1 Å². The summed E-state index contributed by atoms with van der Waals surface area (Å²) in [6, 6.07) is 9.71. The molecule has 3 nitrogen and oxygen atoms in total. The summed E-state index contributed by atoms with van der Waals surface area (Å²) in [6.45, 7) is 2.02. The van der Waals surface area contributed by atoms with Crippen LogP contribution in [-0.2, 0) is 9.59 Å². The minimum absolute atomic E-state index is 0.0685. The fourth-order valence-electron chi connectivity index (χ4n) is 3.69. The van der Waals surface area contributed by atoms with Gasteiger partial charge in [0.05, 0.1) is 10.5 Å². The lowest BCUT2D eigenvalue weighted by molar-refractivity contribution is -0.139. The van der Waals surface area contributed by atoms with Crippen LogP contribution in [0.1, 0.15) is 57.4 Å². The minimum Gasteiger partial charge on any atom is -0.271 e. The summed E-state index contributed by atoms with van der Waals surface area (Å²) in [5, 5.41) is 0. The Kier molecular flexibility index (Phi) is 5.77. The second-order valence-corrected chi connectivity index (χ2v) is 7.76. The number of imide groups is 1. The van der Waals surface area contributed by atoms with Crippen LogP contribution in [0.3, 0.4) is 0 Å². The smallest absolute Gasteiger partial charge is 0.268 e. The second kappa shape index (κ2) is 8.02. The minimum atomic E-state index is -0.0901. The van der Waals surface area contributed by atoms with Crippen molar-refractivity contribution in [3.8, 4) is 0 Å². The van der Waals surface area contributed by atoms with E-state index in [9.17, 15) is 9.59 Å². The van der Waals surface area contributed by atoms with Crippen LogP contribution in [0.25, 0.3) is 5.57 Å². The molecule has 24 heavy (non-hydrogen) atoms. The quantitative estimate of drug-likeness (QED) is 0.748. The van der Waals surface area contributed by atoms with Gasteiger partial charge in [-0.1, -0.05) is 69.4 Å². The van der Waals surface area contributed by atoms with E-state index < -0.39 is 0 Å². The molecule has 1 aromatic carbocycles. The molecule has 4 heteroatoms. The Morgan fingerprint density at radius 1 is 0.958 bits per heavy atom. The molecule has 0 unspecified atom stereocenters. The number of amides is 2. The maximum atomic E-state index is 13.1. The van der Waals surface area contributed by atoms with Crippen molar-refractivity contribution in [2.24, 2.45) is 0 Å². The zero-order valence-electron chi connectivity index (χ0n) is 14.3. The number of rotatable bonds is 4. The van der Waals surface area contributed by atoms with E-state index in [2.05, 4.69) is 0 Å². The van der Waals surface area contributed by atoms with Gasteiger partial charge in [0.2, 0.25) is 0 Å². The lowest BCUT2D eigenvalue weighted by Gasteiger charge is -2.28. The Labute approximate surface area is 148 Å². The standard InChI is InChI=1S/C20H25NO2S/c1-2-24-18-17(15-11-7-6-8-12-15)19(22)21(20(18)23)16-13-9-4-3-5-10-14-16/h6-8,11-12,16H,2-5,9-10,13-14H2,1H3. The van der Waals surface area contributed by atoms with Crippen LogP contribution in [0.4, 0.5) is 0 Å². The van der Waals surface area contributed by atoms with Gasteiger partial charge in [-0.15, -0.1) is 11.8 Å². The van der Waals surface area contributed by atoms with Crippen LogP contribution >= 0.6 is 11.8 Å². The monoisotopic (exact) mass is 343 g/mol. The van der Waals surface area contributed by atoms with Crippen molar-refractivity contribution in [2.75, 3.05) is 5.75 Å². The molecule has 1 saturated carbocycles. The highest BCUT2D eigenvalue weighted by Gasteiger charge is 2.42. The topological polar surface area (TPSA) is 37.4 Å². The molecule has 0 saturated heterocycles. The summed E-state index contributed by atoms with van der Waals surface area (Å²) >= 11 is 1.50. The first kappa shape index (κ1) is 17.3. The molecule has 128 valence electrons. The zero-order chi connectivity index (χ0) is 16.9. The predicted molar refractivity (Wildman–Crippen MR) is 99.5 cm³/mol. The first-order valence-electron chi connectivity index (χ1n) is 9.04. The molecule has 0 N–H and O–H groups in total. The van der Waals surface area contributed by atoms with E-state index in [0.717, 1.165) is 37.0 Å². The molecule has 2 aliphatic rings. The molecule has 0 atom stereocenters. The number of nitrogens with zero attached hydrogens (tertiary/aromatic N) is 1. The van der Waals surface area contributed by atoms with E-state index in [0.29, 0.717) is 10.5 Å². The van der Waals surface area contributed by atoms with E-state index in [1.165, 1.54) is 31.0 Å². The molecule has 0 radical (unpaired) electrons. The Balaban J connectivity index is 1.92. The molecule has 1 fully saturated rings. The fraction of sp³-hybridized carbons (Fsp3) is 0.500. The summed E-state index contributed by atoms with van der Waals surface area (Å²) in [5.74, 6) is 0.632. The summed E-state index contributed by atoms with van der Waals surface area (Å²) in [4.78, 5) is 28.4. The molecule has 1 aliphatic carbocycles. The Bertz CT molecular complexity index is 630. The highest BCUT2D eigenvalue weighted by Crippen LogP contribution is 2.38. The van der Waals surface area contributed by atoms with E-state index in [1.54, 1.807) is 4.90 Å². The molecule has 1 aromatic rings. The van der Waals surface area contributed by atoms with Gasteiger partial charge in [-0.2, -0.15) is 0 Å². The van der Waals surface area contributed by atoms with Crippen molar-refractivity contribution in [2.45, 2.75) is 57.9 Å². The van der Waals surface area contributed by atoms with E-state index >= 15 is 0 Å². The molecule has 0 bridgehead atoms. The average molecular weight is 343 g/mol. The summed E-state index contributed by atoms with van der Waals surface area (Å²) < 4.78 is 0. The van der Waals surface area contributed by atoms with Crippen molar-refractivity contribution in [3.05, 3.63) is 40.8 Å². The van der Waals surface area contributed by atoms with Crippen LogP contribution in [0.2, 0.25) is 0 Å². The Morgan fingerprint density at radius 2 is 1.58 bits per heavy atom. The van der Waals surface area contributed by atoms with Crippen molar-refractivity contribution in [3.63, 3.8) is 0 Å². The zero-order valence-corrected chi connectivity index (χ0v) is 15.1. The van der Waals surface area contributed by atoms with Gasteiger partial charge in [0, 0.05) is 6.04 Å². The number of hydrogen-bond donors (Lipinski definition) is 0. The molecule has 0 spiro atoms. The molecule has 0 aromatic heterocycles. The van der Waals surface area contributed by atoms with E-state index in [-0.39, 0.29) is 17.9 Å². The first-order chi connectivity index (χ1) is 11.7. The van der Waals surface area contributed by atoms with Crippen LogP contribution in [-0.4, -0.2) is 28.5 Å². The summed E-state index contributed by atoms with van der Waals surface area (Å²) in [5.41, 5.74) is 1.47. The first-order valence-corrected chi connectivity index (χ1v) is 10.0. The van der Waals surface area contributed by atoms with E-state index in [4.69, 9.17) is 0 Å². The number of carbonyl (C=O) groups is 2. The van der Waals surface area contributed by atoms with Gasteiger partial charge in [-0.05, 0) is 24.2 Å². The number of benzene rings is 1. The van der Waals surface area contributed by atoms with Crippen LogP contribution in [0.15, 0.2) is 35.2 Å². The molecule has 2 amide bonds. The highest BCUT2D eigenvalue weighted by atomic mass is 32.2. The van der Waals surface area contributed by atoms with Gasteiger partial charge in [0.15, 0.2) is 0 Å². The summed E-state index contributed by atoms with van der Waals surface area (Å²) in [7, 11) is 0. The molecule has 1 aliphatic heterocycles. The lowest BCUT2D eigenvalue weighted by atomic mass is 9.95. The molecule has 1 heterocycles. The number of thioether (sulfide) groups is 1. The van der Waals surface area contributed by atoms with Crippen LogP contribution in [0.5, 0.6) is 0 Å². The fourth-order valence-corrected chi connectivity index (χ4v) is 4.55. The maximum absolute atomic E-state index is 13.1. The SMILES string of the molecule is CCSC1=C(c2ccccc2)C(=O)N(C2CCCCCCC2)C1=O. The van der Waals surface area contributed by atoms with Crippen molar-refractivity contribution < 1.29 is 9.59 Å². The maximum Gasteiger partial charge on any atom is 0.268 e. The van der Waals surface area contributed by atoms with Crippen LogP contribution < -0.4 is 0 Å². The third-order valence-corrected chi connectivity index (χ3v) is 5.82. The van der Waals surface area contributed by atoms with Crippen LogP contribution in [0, 0.1) is 0 Å². The Hall–Kier alpha value is -1.55. The van der Waals surface area contributed by atoms with E-state index in [1.807, 2.05) is 37.3 Å². The third kappa shape index (κ3) is 3.44. The van der Waals surface area contributed by atoms with Crippen molar-refractivity contribution in [1.29, 1.82) is 0 Å². The predicted octanol–water partition coefficient (Wildman–Crippen LogP) is 4.63. The highest BCUT2D eigenvalue weighted by molar-refractivity contribution is 8.04. The largest absolute Gasteiger partial charge is 0.271 e. The molecular weight excluding hydrogens is 318 g/mol. The van der Waals surface area contributed by atoms with Gasteiger partial charge in [0.1, 0.15) is 0 Å². The molecule has 3 rings (SSSR count).